The smallest absolute Gasteiger partial charge is 0.350 e. The van der Waals surface area contributed by atoms with Gasteiger partial charge < -0.3 is 10.1 Å². The van der Waals surface area contributed by atoms with Crippen molar-refractivity contribution < 1.29 is 14.3 Å². The Kier molecular flexibility index (Phi) is 6.37. The second kappa shape index (κ2) is 10.0. The van der Waals surface area contributed by atoms with Gasteiger partial charge >= 0.3 is 11.7 Å². The van der Waals surface area contributed by atoms with E-state index in [1.807, 2.05) is 49.4 Å². The summed E-state index contributed by atoms with van der Waals surface area (Å²) in [5.41, 5.74) is 5.24. The van der Waals surface area contributed by atoms with E-state index in [0.717, 1.165) is 35.2 Å². The number of amides is 3. The summed E-state index contributed by atoms with van der Waals surface area (Å²) in [5, 5.41) is 6.69. The molecule has 3 aromatic carbocycles. The Morgan fingerprint density at radius 1 is 0.950 bits per heavy atom. The van der Waals surface area contributed by atoms with Crippen molar-refractivity contribution in [3.63, 3.8) is 0 Å². The van der Waals surface area contributed by atoms with Gasteiger partial charge in [-0.3, -0.25) is 14.6 Å². The highest BCUT2D eigenvalue weighted by Gasteiger charge is 2.32. The largest absolute Gasteiger partial charge is 0.490 e. The minimum absolute atomic E-state index is 0.143. The normalized spacial score (nSPS) is 15.0. The van der Waals surface area contributed by atoms with E-state index in [0.29, 0.717) is 35.8 Å². The molecule has 204 valence electrons. The van der Waals surface area contributed by atoms with Crippen molar-refractivity contribution in [2.75, 3.05) is 29.9 Å². The first kappa shape index (κ1) is 25.4. The summed E-state index contributed by atoms with van der Waals surface area (Å²) in [6.45, 7) is 3.03. The third-order valence-corrected chi connectivity index (χ3v) is 7.43. The molecule has 6 rings (SSSR count). The molecule has 1 aliphatic heterocycles. The lowest BCUT2D eigenvalue weighted by atomic mass is 9.97. The average molecular weight is 539 g/mol. The fourth-order valence-corrected chi connectivity index (χ4v) is 5.07. The molecule has 2 aliphatic rings. The van der Waals surface area contributed by atoms with E-state index < -0.39 is 0 Å². The van der Waals surface area contributed by atoms with Crippen LogP contribution in [0.1, 0.15) is 28.8 Å². The predicted octanol–water partition coefficient (Wildman–Crippen LogP) is 3.89. The summed E-state index contributed by atoms with van der Waals surface area (Å²) < 4.78 is 9.09. The number of nitrogens with one attached hydrogen (secondary N) is 1. The van der Waals surface area contributed by atoms with Crippen LogP contribution < -0.4 is 25.5 Å². The van der Waals surface area contributed by atoms with Crippen molar-refractivity contribution in [2.24, 2.45) is 7.05 Å². The molecule has 0 atom stereocenters. The molecule has 0 spiro atoms. The van der Waals surface area contributed by atoms with Crippen molar-refractivity contribution in [1.82, 2.24) is 19.7 Å². The third kappa shape index (κ3) is 4.51. The Morgan fingerprint density at radius 3 is 2.45 bits per heavy atom. The molecule has 0 radical (unpaired) electrons. The lowest BCUT2D eigenvalue weighted by molar-refractivity contribution is 0.0963. The Hall–Kier alpha value is -4.86. The first-order valence-corrected chi connectivity index (χ1v) is 13.3. The number of anilines is 2. The zero-order valence-electron chi connectivity index (χ0n) is 22.6. The van der Waals surface area contributed by atoms with Crippen molar-refractivity contribution in [1.29, 1.82) is 0 Å². The van der Waals surface area contributed by atoms with Crippen molar-refractivity contribution >= 4 is 23.3 Å². The molecule has 2 heterocycles. The van der Waals surface area contributed by atoms with E-state index in [1.165, 1.54) is 15.6 Å². The van der Waals surface area contributed by atoms with Crippen LogP contribution in [0, 0.1) is 6.92 Å². The molecule has 10 heteroatoms. The number of carbonyl (C=O) groups excluding carboxylic acids is 2. The first-order valence-electron chi connectivity index (χ1n) is 13.3. The molecule has 1 saturated heterocycles. The predicted molar refractivity (Wildman–Crippen MR) is 153 cm³/mol. The van der Waals surface area contributed by atoms with E-state index in [4.69, 9.17) is 4.74 Å². The van der Waals surface area contributed by atoms with Crippen LogP contribution >= 0.6 is 0 Å². The van der Waals surface area contributed by atoms with Gasteiger partial charge in [0.05, 0.1) is 11.8 Å². The molecule has 0 bridgehead atoms. The fourth-order valence-electron chi connectivity index (χ4n) is 5.07. The van der Waals surface area contributed by atoms with Crippen LogP contribution in [0.2, 0.25) is 0 Å². The van der Waals surface area contributed by atoms with Crippen molar-refractivity contribution in [3.05, 3.63) is 88.6 Å². The van der Waals surface area contributed by atoms with Gasteiger partial charge in [0.25, 0.3) is 5.91 Å². The van der Waals surface area contributed by atoms with Crippen molar-refractivity contribution in [2.45, 2.75) is 25.9 Å². The van der Waals surface area contributed by atoms with E-state index >= 15 is 0 Å². The zero-order valence-corrected chi connectivity index (χ0v) is 22.6. The maximum absolute atomic E-state index is 13.6. The lowest BCUT2D eigenvalue weighted by Crippen LogP contribution is -2.32. The van der Waals surface area contributed by atoms with Crippen LogP contribution in [0.3, 0.4) is 0 Å². The van der Waals surface area contributed by atoms with Gasteiger partial charge in [0.1, 0.15) is 12.1 Å². The molecule has 3 amide bonds. The Balaban J connectivity index is 1.34. The summed E-state index contributed by atoms with van der Waals surface area (Å²) in [7, 11) is 3.20. The van der Waals surface area contributed by atoms with Crippen LogP contribution in [0.5, 0.6) is 5.75 Å². The van der Waals surface area contributed by atoms with Crippen molar-refractivity contribution in [3.8, 4) is 22.6 Å². The number of hydrogen-bond donors (Lipinski definition) is 1. The highest BCUT2D eigenvalue weighted by atomic mass is 16.5. The van der Waals surface area contributed by atoms with Gasteiger partial charge in [-0.05, 0) is 67.3 Å². The van der Waals surface area contributed by atoms with Crippen LogP contribution in [0.4, 0.5) is 16.2 Å². The Bertz CT molecular complexity index is 1690. The SMILES string of the molecule is CNC(=O)c1cccc(N2CCN(c3cccc(-c4ccc(-n5cnn(C)c5=O)cc4OC4CC4)c3C)C2=O)c1. The maximum Gasteiger partial charge on any atom is 0.350 e. The summed E-state index contributed by atoms with van der Waals surface area (Å²) in [5.74, 6) is 0.494. The van der Waals surface area contributed by atoms with E-state index in [2.05, 4.69) is 10.4 Å². The monoisotopic (exact) mass is 538 g/mol. The molecular formula is C30H30N6O4. The van der Waals surface area contributed by atoms with E-state index in [-0.39, 0.29) is 23.7 Å². The standard InChI is InChI=1S/C30H30N6O4/c1-19-24(25-13-10-22(17-27(25)40-23-11-12-23)36-18-32-33(3)29(36)38)8-5-9-26(19)35-15-14-34(30(35)39)21-7-4-6-20(16-21)28(37)31-2/h4-10,13,16-18,23H,11-12,14-15H2,1-3H3,(H,31,37). The third-order valence-electron chi connectivity index (χ3n) is 7.43. The first-order chi connectivity index (χ1) is 19.4. The molecule has 1 saturated carbocycles. The number of urea groups is 1. The lowest BCUT2D eigenvalue weighted by Gasteiger charge is -2.23. The minimum atomic E-state index is -0.235. The number of nitrogens with zero attached hydrogens (tertiary/aromatic N) is 5. The summed E-state index contributed by atoms with van der Waals surface area (Å²) >= 11 is 0. The number of aryl methyl sites for hydroxylation is 1. The highest BCUT2D eigenvalue weighted by Crippen LogP contribution is 2.40. The van der Waals surface area contributed by atoms with Gasteiger partial charge in [-0.2, -0.15) is 5.10 Å². The van der Waals surface area contributed by atoms with Gasteiger partial charge in [-0.15, -0.1) is 0 Å². The number of ether oxygens (including phenoxy) is 1. The van der Waals surface area contributed by atoms with Gasteiger partial charge in [0.15, 0.2) is 0 Å². The number of benzene rings is 3. The number of rotatable bonds is 7. The van der Waals surface area contributed by atoms with E-state index in [1.54, 1.807) is 42.1 Å². The van der Waals surface area contributed by atoms with Gasteiger partial charge in [0, 0.05) is 55.8 Å². The highest BCUT2D eigenvalue weighted by molar-refractivity contribution is 6.07. The molecule has 2 fully saturated rings. The molecule has 40 heavy (non-hydrogen) atoms. The number of aromatic nitrogens is 3. The molecule has 1 aliphatic carbocycles. The second-order valence-electron chi connectivity index (χ2n) is 10.1. The molecular weight excluding hydrogens is 508 g/mol. The van der Waals surface area contributed by atoms with Gasteiger partial charge in [-0.25, -0.2) is 18.8 Å². The molecule has 1 aromatic heterocycles. The second-order valence-corrected chi connectivity index (χ2v) is 10.1. The summed E-state index contributed by atoms with van der Waals surface area (Å²) in [6.07, 6.45) is 3.64. The molecule has 10 nitrogen and oxygen atoms in total. The molecule has 4 aromatic rings. The van der Waals surface area contributed by atoms with Crippen LogP contribution in [-0.2, 0) is 7.05 Å². The van der Waals surface area contributed by atoms with Gasteiger partial charge in [-0.1, -0.05) is 18.2 Å². The maximum atomic E-state index is 13.6. The quantitative estimate of drug-likeness (QED) is 0.385. The summed E-state index contributed by atoms with van der Waals surface area (Å²) in [6, 6.07) is 18.6. The van der Waals surface area contributed by atoms with Crippen LogP contribution in [0.15, 0.2) is 71.8 Å². The van der Waals surface area contributed by atoms with E-state index in [9.17, 15) is 14.4 Å². The fraction of sp³-hybridized carbons (Fsp3) is 0.267. The summed E-state index contributed by atoms with van der Waals surface area (Å²) in [4.78, 5) is 41.7. The van der Waals surface area contributed by atoms with Gasteiger partial charge in [0.2, 0.25) is 0 Å². The average Bonchev–Trinajstić information content (AvgIpc) is 3.62. The zero-order chi connectivity index (χ0) is 28.0. The Labute approximate surface area is 231 Å². The van der Waals surface area contributed by atoms with Crippen LogP contribution in [0.25, 0.3) is 16.8 Å². The molecule has 1 N–H and O–H groups in total. The number of hydrogen-bond acceptors (Lipinski definition) is 5. The topological polar surface area (TPSA) is 102 Å². The number of carbonyl (C=O) groups is 2. The van der Waals surface area contributed by atoms with Crippen LogP contribution in [-0.4, -0.2) is 52.5 Å². The molecule has 0 unspecified atom stereocenters. The Morgan fingerprint density at radius 2 is 1.73 bits per heavy atom. The minimum Gasteiger partial charge on any atom is -0.490 e.